The number of aryl methyl sites for hydroxylation is 1. The van der Waals surface area contributed by atoms with Crippen LogP contribution in [0.1, 0.15) is 41.3 Å². The van der Waals surface area contributed by atoms with Crippen molar-refractivity contribution in [3.8, 4) is 0 Å². The molecule has 1 aromatic carbocycles. The van der Waals surface area contributed by atoms with Gasteiger partial charge in [-0.3, -0.25) is 4.79 Å². The first-order valence-electron chi connectivity index (χ1n) is 7.35. The van der Waals surface area contributed by atoms with Gasteiger partial charge in [-0.2, -0.15) is 0 Å². The number of rotatable bonds is 3. The summed E-state index contributed by atoms with van der Waals surface area (Å²) in [5, 5.41) is 0. The van der Waals surface area contributed by atoms with E-state index in [9.17, 15) is 9.59 Å². The van der Waals surface area contributed by atoms with Crippen molar-refractivity contribution in [1.29, 1.82) is 0 Å². The van der Waals surface area contributed by atoms with E-state index < -0.39 is 0 Å². The van der Waals surface area contributed by atoms with Crippen molar-refractivity contribution in [3.05, 3.63) is 34.9 Å². The Kier molecular flexibility index (Phi) is 4.35. The topological polar surface area (TPSA) is 46.6 Å². The van der Waals surface area contributed by atoms with Crippen molar-refractivity contribution < 1.29 is 14.3 Å². The number of nitrogens with zero attached hydrogens (tertiary/aromatic N) is 1. The van der Waals surface area contributed by atoms with Crippen LogP contribution in [0.15, 0.2) is 18.2 Å². The fourth-order valence-corrected chi connectivity index (χ4v) is 3.21. The maximum absolute atomic E-state index is 12.5. The highest BCUT2D eigenvalue weighted by Crippen LogP contribution is 2.39. The molecule has 0 saturated carbocycles. The number of benzene rings is 1. The molecular formula is C17H23NO3. The lowest BCUT2D eigenvalue weighted by atomic mass is 9.69. The molecule has 1 aliphatic carbocycles. The number of hydrogen-bond donors (Lipinski definition) is 0. The SMILES string of the molecule is CCC1(C(=O)N(C)C)CCc2cc(C(=O)OC)ccc2C1. The number of ether oxygens (including phenoxy) is 1. The van der Waals surface area contributed by atoms with Crippen LogP contribution >= 0.6 is 0 Å². The summed E-state index contributed by atoms with van der Waals surface area (Å²) in [5.41, 5.74) is 2.61. The Hall–Kier alpha value is -1.84. The number of esters is 1. The molecule has 1 atom stereocenters. The van der Waals surface area contributed by atoms with Crippen molar-refractivity contribution in [3.63, 3.8) is 0 Å². The minimum atomic E-state index is -0.311. The molecule has 2 rings (SSSR count). The largest absolute Gasteiger partial charge is 0.465 e. The second-order valence-electron chi connectivity index (χ2n) is 5.99. The molecule has 0 heterocycles. The molecule has 4 nitrogen and oxygen atoms in total. The van der Waals surface area contributed by atoms with Crippen LogP contribution < -0.4 is 0 Å². The van der Waals surface area contributed by atoms with Crippen LogP contribution in [-0.2, 0) is 22.4 Å². The molecule has 1 unspecified atom stereocenters. The Morgan fingerprint density at radius 3 is 2.57 bits per heavy atom. The van der Waals surface area contributed by atoms with Gasteiger partial charge in [0.15, 0.2) is 0 Å². The minimum absolute atomic E-state index is 0.202. The molecule has 0 aromatic heterocycles. The van der Waals surface area contributed by atoms with E-state index in [0.717, 1.165) is 31.2 Å². The van der Waals surface area contributed by atoms with Gasteiger partial charge in [0.1, 0.15) is 0 Å². The predicted octanol–water partition coefficient (Wildman–Crippen LogP) is 2.45. The zero-order chi connectivity index (χ0) is 15.6. The lowest BCUT2D eigenvalue weighted by molar-refractivity contribution is -0.140. The van der Waals surface area contributed by atoms with Gasteiger partial charge >= 0.3 is 5.97 Å². The van der Waals surface area contributed by atoms with Crippen LogP contribution in [0, 0.1) is 5.41 Å². The Balaban J connectivity index is 2.32. The van der Waals surface area contributed by atoms with Gasteiger partial charge in [-0.1, -0.05) is 13.0 Å². The molecular weight excluding hydrogens is 266 g/mol. The summed E-state index contributed by atoms with van der Waals surface area (Å²) in [6, 6.07) is 5.66. The highest BCUT2D eigenvalue weighted by molar-refractivity contribution is 5.90. The fraction of sp³-hybridized carbons (Fsp3) is 0.529. The first kappa shape index (κ1) is 15.5. The number of carbonyl (C=O) groups is 2. The van der Waals surface area contributed by atoms with Gasteiger partial charge in [0.2, 0.25) is 5.91 Å². The lowest BCUT2D eigenvalue weighted by Gasteiger charge is -2.38. The minimum Gasteiger partial charge on any atom is -0.465 e. The van der Waals surface area contributed by atoms with Gasteiger partial charge in [-0.15, -0.1) is 0 Å². The first-order chi connectivity index (χ1) is 9.93. The van der Waals surface area contributed by atoms with Crippen molar-refractivity contribution in [2.75, 3.05) is 21.2 Å². The maximum Gasteiger partial charge on any atom is 0.337 e. The van der Waals surface area contributed by atoms with Gasteiger partial charge < -0.3 is 9.64 Å². The molecule has 0 radical (unpaired) electrons. The summed E-state index contributed by atoms with van der Waals surface area (Å²) in [6.45, 7) is 2.08. The van der Waals surface area contributed by atoms with Crippen LogP contribution in [0.5, 0.6) is 0 Å². The van der Waals surface area contributed by atoms with Crippen molar-refractivity contribution in [2.24, 2.45) is 5.41 Å². The van der Waals surface area contributed by atoms with E-state index in [4.69, 9.17) is 4.74 Å². The number of fused-ring (bicyclic) bond motifs is 1. The van der Waals surface area contributed by atoms with E-state index >= 15 is 0 Å². The van der Waals surface area contributed by atoms with E-state index in [-0.39, 0.29) is 17.3 Å². The normalized spacial score (nSPS) is 20.6. The molecule has 1 aliphatic rings. The van der Waals surface area contributed by atoms with E-state index in [1.54, 1.807) is 11.0 Å². The highest BCUT2D eigenvalue weighted by atomic mass is 16.5. The summed E-state index contributed by atoms with van der Waals surface area (Å²) in [7, 11) is 5.02. The zero-order valence-electron chi connectivity index (χ0n) is 13.2. The van der Waals surface area contributed by atoms with Gasteiger partial charge in [0, 0.05) is 14.1 Å². The number of hydrogen-bond acceptors (Lipinski definition) is 3. The quantitative estimate of drug-likeness (QED) is 0.803. The molecule has 0 fully saturated rings. The number of amides is 1. The molecule has 1 aromatic rings. The fourth-order valence-electron chi connectivity index (χ4n) is 3.21. The number of methoxy groups -OCH3 is 1. The third-order valence-corrected chi connectivity index (χ3v) is 4.57. The van der Waals surface area contributed by atoms with Crippen LogP contribution in [0.2, 0.25) is 0 Å². The molecule has 4 heteroatoms. The Morgan fingerprint density at radius 2 is 2.00 bits per heavy atom. The van der Waals surface area contributed by atoms with Crippen LogP contribution in [0.3, 0.4) is 0 Å². The summed E-state index contributed by atoms with van der Waals surface area (Å²) in [6.07, 6.45) is 3.24. The standard InChI is InChI=1S/C17H23NO3/c1-5-17(16(20)18(2)3)9-8-12-10-13(15(19)21-4)6-7-14(12)11-17/h6-7,10H,5,8-9,11H2,1-4H3. The van der Waals surface area contributed by atoms with Gasteiger partial charge in [0.25, 0.3) is 0 Å². The monoisotopic (exact) mass is 289 g/mol. The van der Waals surface area contributed by atoms with Gasteiger partial charge in [0.05, 0.1) is 18.1 Å². The van der Waals surface area contributed by atoms with Crippen molar-refractivity contribution in [2.45, 2.75) is 32.6 Å². The van der Waals surface area contributed by atoms with Gasteiger partial charge in [-0.25, -0.2) is 4.79 Å². The van der Waals surface area contributed by atoms with E-state index in [0.29, 0.717) is 5.56 Å². The average Bonchev–Trinajstić information content (AvgIpc) is 2.52. The molecule has 114 valence electrons. The second kappa shape index (κ2) is 5.88. The Labute approximate surface area is 126 Å². The lowest BCUT2D eigenvalue weighted by Crippen LogP contribution is -2.43. The van der Waals surface area contributed by atoms with E-state index in [1.165, 1.54) is 12.7 Å². The maximum atomic E-state index is 12.5. The van der Waals surface area contributed by atoms with Crippen molar-refractivity contribution in [1.82, 2.24) is 4.90 Å². The summed E-state index contributed by atoms with van der Waals surface area (Å²) >= 11 is 0. The smallest absolute Gasteiger partial charge is 0.337 e. The third kappa shape index (κ3) is 2.80. The highest BCUT2D eigenvalue weighted by Gasteiger charge is 2.40. The molecule has 0 N–H and O–H groups in total. The Morgan fingerprint density at radius 1 is 1.29 bits per heavy atom. The van der Waals surface area contributed by atoms with Gasteiger partial charge in [-0.05, 0) is 48.9 Å². The molecule has 0 saturated heterocycles. The Bertz CT molecular complexity index is 565. The second-order valence-corrected chi connectivity index (χ2v) is 5.99. The molecule has 0 aliphatic heterocycles. The molecule has 1 amide bonds. The average molecular weight is 289 g/mol. The number of carbonyl (C=O) groups excluding carboxylic acids is 2. The summed E-state index contributed by atoms with van der Waals surface area (Å²) in [5.74, 6) is -0.109. The molecule has 0 spiro atoms. The van der Waals surface area contributed by atoms with Crippen LogP contribution in [0.25, 0.3) is 0 Å². The van der Waals surface area contributed by atoms with Crippen molar-refractivity contribution >= 4 is 11.9 Å². The third-order valence-electron chi connectivity index (χ3n) is 4.57. The van der Waals surface area contributed by atoms with E-state index in [1.807, 2.05) is 26.2 Å². The summed E-state index contributed by atoms with van der Waals surface area (Å²) < 4.78 is 4.76. The molecule has 0 bridgehead atoms. The zero-order valence-corrected chi connectivity index (χ0v) is 13.2. The predicted molar refractivity (Wildman–Crippen MR) is 81.2 cm³/mol. The van der Waals surface area contributed by atoms with E-state index in [2.05, 4.69) is 6.92 Å². The van der Waals surface area contributed by atoms with Crippen LogP contribution in [-0.4, -0.2) is 38.0 Å². The van der Waals surface area contributed by atoms with Crippen LogP contribution in [0.4, 0.5) is 0 Å². The molecule has 21 heavy (non-hydrogen) atoms. The first-order valence-corrected chi connectivity index (χ1v) is 7.35. The summed E-state index contributed by atoms with van der Waals surface area (Å²) in [4.78, 5) is 25.8.